The average Bonchev–Trinajstić information content (AvgIpc) is 3.35. The third-order valence-electron chi connectivity index (χ3n) is 4.53. The summed E-state index contributed by atoms with van der Waals surface area (Å²) < 4.78 is 3.19. The predicted octanol–water partition coefficient (Wildman–Crippen LogP) is 3.72. The Kier molecular flexibility index (Phi) is 6.99. The molecule has 0 radical (unpaired) electrons. The molecule has 1 aromatic carbocycles. The van der Waals surface area contributed by atoms with Crippen molar-refractivity contribution in [3.8, 4) is 0 Å². The van der Waals surface area contributed by atoms with Crippen LogP contribution in [0.25, 0.3) is 4.96 Å². The third-order valence-corrected chi connectivity index (χ3v) is 5.97. The van der Waals surface area contributed by atoms with Crippen LogP contribution >= 0.6 is 51.2 Å². The minimum Gasteiger partial charge on any atom is -0.368 e. The van der Waals surface area contributed by atoms with E-state index in [9.17, 15) is 0 Å². The fourth-order valence-electron chi connectivity index (χ4n) is 3.23. The Morgan fingerprint density at radius 2 is 2.26 bits per heavy atom. The minimum absolute atomic E-state index is 0. The first-order chi connectivity index (χ1) is 12.7. The lowest BCUT2D eigenvalue weighted by Gasteiger charge is -2.21. The van der Waals surface area contributed by atoms with Crippen LogP contribution in [0.2, 0.25) is 0 Å². The molecule has 6 nitrogen and oxygen atoms in total. The van der Waals surface area contributed by atoms with E-state index in [2.05, 4.69) is 65.8 Å². The number of para-hydroxylation sites is 1. The van der Waals surface area contributed by atoms with Crippen molar-refractivity contribution >= 4 is 67.9 Å². The normalized spacial score (nSPS) is 17.2. The molecule has 0 spiro atoms. The summed E-state index contributed by atoms with van der Waals surface area (Å²) in [6.45, 7) is 2.66. The van der Waals surface area contributed by atoms with Gasteiger partial charge in [0.25, 0.3) is 0 Å². The summed E-state index contributed by atoms with van der Waals surface area (Å²) in [5.41, 5.74) is 2.26. The topological polar surface area (TPSA) is 57.0 Å². The van der Waals surface area contributed by atoms with Crippen molar-refractivity contribution < 1.29 is 0 Å². The van der Waals surface area contributed by atoms with Crippen molar-refractivity contribution in [2.75, 3.05) is 25.0 Å². The Balaban J connectivity index is 0.00000210. The summed E-state index contributed by atoms with van der Waals surface area (Å²) in [4.78, 5) is 12.4. The van der Waals surface area contributed by atoms with E-state index in [4.69, 9.17) is 0 Å². The first kappa shape index (κ1) is 20.4. The van der Waals surface area contributed by atoms with Crippen LogP contribution in [0.5, 0.6) is 0 Å². The van der Waals surface area contributed by atoms with Gasteiger partial charge in [0.1, 0.15) is 0 Å². The number of rotatable bonds is 4. The molecule has 0 amide bonds. The number of thiazole rings is 1. The third kappa shape index (κ3) is 4.75. The van der Waals surface area contributed by atoms with Gasteiger partial charge in [0, 0.05) is 48.4 Å². The zero-order chi connectivity index (χ0) is 17.9. The van der Waals surface area contributed by atoms with Gasteiger partial charge in [-0.3, -0.25) is 9.39 Å². The summed E-state index contributed by atoms with van der Waals surface area (Å²) in [7, 11) is 1.81. The van der Waals surface area contributed by atoms with E-state index in [1.165, 1.54) is 5.69 Å². The number of guanidine groups is 1. The second-order valence-electron chi connectivity index (χ2n) is 6.28. The fraction of sp³-hybridized carbons (Fsp3) is 0.333. The molecule has 0 saturated carbocycles. The standard InChI is InChI=1S/C18H21BrN6S.HI/c1-20-17(21-10-14-12-25-8-9-26-18(25)23-14)22-13-6-7-24(11-13)16-5-3-2-4-15(16)19;/h2-5,8-9,12-13H,6-7,10-11H2,1H3,(H2,20,21,22);1H. The van der Waals surface area contributed by atoms with Gasteiger partial charge in [0.2, 0.25) is 0 Å². The van der Waals surface area contributed by atoms with E-state index < -0.39 is 0 Å². The van der Waals surface area contributed by atoms with Crippen molar-refractivity contribution in [2.45, 2.75) is 19.0 Å². The fourth-order valence-corrected chi connectivity index (χ4v) is 4.48. The number of hydrogen-bond donors (Lipinski definition) is 2. The SMILES string of the molecule is CN=C(NCc1cn2ccsc2n1)NC1CCN(c2ccccc2Br)C1.I. The molecular formula is C18H22BrIN6S. The van der Waals surface area contributed by atoms with Crippen LogP contribution in [-0.4, -0.2) is 41.5 Å². The number of hydrogen-bond acceptors (Lipinski definition) is 4. The van der Waals surface area contributed by atoms with Gasteiger partial charge in [0.05, 0.1) is 17.9 Å². The average molecular weight is 561 g/mol. The van der Waals surface area contributed by atoms with Crippen LogP contribution in [0.15, 0.2) is 51.5 Å². The number of aromatic nitrogens is 2. The van der Waals surface area contributed by atoms with Gasteiger partial charge in [0.15, 0.2) is 10.9 Å². The number of nitrogens with one attached hydrogen (secondary N) is 2. The van der Waals surface area contributed by atoms with E-state index in [1.807, 2.05) is 29.1 Å². The lowest BCUT2D eigenvalue weighted by Crippen LogP contribution is -2.44. The molecule has 1 aliphatic rings. The van der Waals surface area contributed by atoms with Crippen LogP contribution in [0.4, 0.5) is 5.69 Å². The number of aliphatic imine (C=N–C) groups is 1. The predicted molar refractivity (Wildman–Crippen MR) is 127 cm³/mol. The highest BCUT2D eigenvalue weighted by molar-refractivity contribution is 14.0. The lowest BCUT2D eigenvalue weighted by atomic mass is 10.3. The molecule has 1 fully saturated rings. The summed E-state index contributed by atoms with van der Waals surface area (Å²) >= 11 is 5.29. The molecule has 4 rings (SSSR count). The minimum atomic E-state index is 0. The second kappa shape index (κ2) is 9.24. The molecule has 1 atom stereocenters. The van der Waals surface area contributed by atoms with E-state index in [0.29, 0.717) is 12.6 Å². The zero-order valence-electron chi connectivity index (χ0n) is 14.9. The Morgan fingerprint density at radius 1 is 1.41 bits per heavy atom. The van der Waals surface area contributed by atoms with Crippen LogP contribution in [0, 0.1) is 0 Å². The van der Waals surface area contributed by atoms with Crippen LogP contribution in [0.3, 0.4) is 0 Å². The summed E-state index contributed by atoms with van der Waals surface area (Å²) in [6.07, 6.45) is 5.16. The smallest absolute Gasteiger partial charge is 0.193 e. The summed E-state index contributed by atoms with van der Waals surface area (Å²) in [6, 6.07) is 8.75. The molecular weight excluding hydrogens is 539 g/mol. The molecule has 0 bridgehead atoms. The molecule has 9 heteroatoms. The van der Waals surface area contributed by atoms with Gasteiger partial charge in [-0.15, -0.1) is 35.3 Å². The highest BCUT2D eigenvalue weighted by Gasteiger charge is 2.24. The van der Waals surface area contributed by atoms with Crippen molar-refractivity contribution in [1.82, 2.24) is 20.0 Å². The highest BCUT2D eigenvalue weighted by Crippen LogP contribution is 2.28. The van der Waals surface area contributed by atoms with Gasteiger partial charge in [-0.25, -0.2) is 4.98 Å². The van der Waals surface area contributed by atoms with Crippen LogP contribution in [0.1, 0.15) is 12.1 Å². The Labute approximate surface area is 188 Å². The van der Waals surface area contributed by atoms with E-state index in [-0.39, 0.29) is 24.0 Å². The Hall–Kier alpha value is -1.33. The molecule has 1 unspecified atom stereocenters. The Morgan fingerprint density at radius 3 is 3.04 bits per heavy atom. The molecule has 144 valence electrons. The van der Waals surface area contributed by atoms with Gasteiger partial charge >= 0.3 is 0 Å². The van der Waals surface area contributed by atoms with Gasteiger partial charge in [-0.1, -0.05) is 12.1 Å². The number of halogens is 2. The van der Waals surface area contributed by atoms with Crippen LogP contribution in [-0.2, 0) is 6.54 Å². The second-order valence-corrected chi connectivity index (χ2v) is 8.01. The molecule has 2 aromatic heterocycles. The van der Waals surface area contributed by atoms with Crippen molar-refractivity contribution in [2.24, 2.45) is 4.99 Å². The summed E-state index contributed by atoms with van der Waals surface area (Å²) in [5.74, 6) is 0.820. The number of nitrogens with zero attached hydrogens (tertiary/aromatic N) is 4. The van der Waals surface area contributed by atoms with Gasteiger partial charge < -0.3 is 15.5 Å². The van der Waals surface area contributed by atoms with Crippen molar-refractivity contribution in [3.05, 3.63) is 52.2 Å². The maximum Gasteiger partial charge on any atom is 0.193 e. The molecule has 3 heterocycles. The highest BCUT2D eigenvalue weighted by atomic mass is 127. The maximum atomic E-state index is 4.59. The molecule has 1 saturated heterocycles. The number of fused-ring (bicyclic) bond motifs is 1. The first-order valence-electron chi connectivity index (χ1n) is 8.60. The van der Waals surface area contributed by atoms with Gasteiger partial charge in [-0.2, -0.15) is 0 Å². The van der Waals surface area contributed by atoms with Crippen LogP contribution < -0.4 is 15.5 Å². The van der Waals surface area contributed by atoms with Gasteiger partial charge in [-0.05, 0) is 34.5 Å². The largest absolute Gasteiger partial charge is 0.368 e. The maximum absolute atomic E-state index is 4.59. The number of benzene rings is 1. The van der Waals surface area contributed by atoms with Crippen molar-refractivity contribution in [3.63, 3.8) is 0 Å². The molecule has 1 aliphatic heterocycles. The van der Waals surface area contributed by atoms with E-state index >= 15 is 0 Å². The van der Waals surface area contributed by atoms with E-state index in [1.54, 1.807) is 11.3 Å². The zero-order valence-corrected chi connectivity index (χ0v) is 19.7. The monoisotopic (exact) mass is 560 g/mol. The molecule has 27 heavy (non-hydrogen) atoms. The summed E-state index contributed by atoms with van der Waals surface area (Å²) in [5, 5.41) is 8.94. The van der Waals surface area contributed by atoms with Crippen molar-refractivity contribution in [1.29, 1.82) is 0 Å². The Bertz CT molecular complexity index is 895. The molecule has 3 aromatic rings. The number of anilines is 1. The lowest BCUT2D eigenvalue weighted by molar-refractivity contribution is 0.647. The first-order valence-corrected chi connectivity index (χ1v) is 10.3. The molecule has 2 N–H and O–H groups in total. The van der Waals surface area contributed by atoms with E-state index in [0.717, 1.165) is 40.6 Å². The number of imidazole rings is 1. The quantitative estimate of drug-likeness (QED) is 0.290. The molecule has 0 aliphatic carbocycles.